The first kappa shape index (κ1) is 41.0. The van der Waals surface area contributed by atoms with Gasteiger partial charge in [-0.3, -0.25) is 9.78 Å². The first-order chi connectivity index (χ1) is 24.1. The fourth-order valence-corrected chi connectivity index (χ4v) is 7.51. The number of thiophene rings is 1. The number of aliphatic hydroxyl groups is 1. The van der Waals surface area contributed by atoms with Crippen molar-refractivity contribution in [3.63, 3.8) is 0 Å². The summed E-state index contributed by atoms with van der Waals surface area (Å²) in [4.78, 5) is 19.9. The molecule has 0 atom stereocenters. The average molecular weight is 908 g/mol. The van der Waals surface area contributed by atoms with Crippen molar-refractivity contribution in [1.29, 1.82) is 0 Å². The predicted molar refractivity (Wildman–Crippen MR) is 202 cm³/mol. The van der Waals surface area contributed by atoms with Crippen molar-refractivity contribution in [1.82, 2.24) is 9.97 Å². The molecule has 6 aromatic rings. The summed E-state index contributed by atoms with van der Waals surface area (Å²) in [6, 6.07) is 16.9. The Bertz CT molecular complexity index is 2250. The number of hydrogen-bond acceptors (Lipinski definition) is 5. The third kappa shape index (κ3) is 8.24. The first-order valence-electron chi connectivity index (χ1n) is 17.4. The van der Waals surface area contributed by atoms with Gasteiger partial charge in [0, 0.05) is 59.2 Å². The third-order valence-corrected chi connectivity index (χ3v) is 10.5. The van der Waals surface area contributed by atoms with E-state index in [1.807, 2.05) is 51.3 Å². The van der Waals surface area contributed by atoms with Gasteiger partial charge in [-0.2, -0.15) is 13.2 Å². The Labute approximate surface area is 319 Å². The average Bonchev–Trinajstić information content (AvgIpc) is 3.54. The molecule has 0 aliphatic rings. The van der Waals surface area contributed by atoms with Crippen molar-refractivity contribution in [3.8, 4) is 11.3 Å². The molecule has 0 saturated heterocycles. The minimum atomic E-state index is -4.73. The van der Waals surface area contributed by atoms with E-state index in [-0.39, 0.29) is 70.8 Å². The van der Waals surface area contributed by atoms with Crippen LogP contribution in [0.4, 0.5) is 17.6 Å². The molecule has 0 amide bonds. The monoisotopic (exact) mass is 908 g/mol. The van der Waals surface area contributed by atoms with Crippen LogP contribution in [-0.2, 0) is 36.5 Å². The fourth-order valence-electron chi connectivity index (χ4n) is 6.70. The molecule has 52 heavy (non-hydrogen) atoms. The maximum atomic E-state index is 15.9. The van der Waals surface area contributed by atoms with Gasteiger partial charge in [0.1, 0.15) is 12.1 Å². The molecule has 0 aliphatic carbocycles. The van der Waals surface area contributed by atoms with Crippen LogP contribution in [0.2, 0.25) is 0 Å². The largest absolute Gasteiger partial charge is 0.512 e. The number of allylic oxidation sites excluding steroid dienone is 2. The molecular weight excluding hydrogens is 865 g/mol. The first-order valence-corrected chi connectivity index (χ1v) is 18.3. The molecule has 6 rings (SSSR count). The van der Waals surface area contributed by atoms with Crippen LogP contribution < -0.4 is 0 Å². The maximum Gasteiger partial charge on any atom is 0.419 e. The Morgan fingerprint density at radius 2 is 1.54 bits per heavy atom. The molecule has 1 radical (unpaired) electrons. The summed E-state index contributed by atoms with van der Waals surface area (Å²) < 4.78 is 59.9. The number of fused-ring (bicyclic) bond motifs is 4. The van der Waals surface area contributed by atoms with Crippen molar-refractivity contribution in [2.75, 3.05) is 0 Å². The molecule has 0 unspecified atom stereocenters. The zero-order valence-electron chi connectivity index (χ0n) is 30.3. The molecule has 2 heterocycles. The SMILES string of the molecule is CC(C)(C)c1cc(-c2ncnc3c(C(F)(F)F)c4ccccc4c(F)c23)[c-]c2cc3ccsc3cc12.CCC(CC)C(=O)/C=C(\O)C(CC)CC.[Ir]. The van der Waals surface area contributed by atoms with Crippen molar-refractivity contribution in [2.24, 2.45) is 11.8 Å². The molecule has 0 aliphatic heterocycles. The van der Waals surface area contributed by atoms with Crippen molar-refractivity contribution >= 4 is 59.7 Å². The molecule has 4 aromatic carbocycles. The van der Waals surface area contributed by atoms with E-state index in [1.165, 1.54) is 30.3 Å². The normalized spacial score (nSPS) is 12.5. The van der Waals surface area contributed by atoms with E-state index in [4.69, 9.17) is 0 Å². The van der Waals surface area contributed by atoms with E-state index in [2.05, 4.69) is 42.9 Å². The van der Waals surface area contributed by atoms with Gasteiger partial charge in [-0.25, -0.2) is 9.37 Å². The molecule has 0 bridgehead atoms. The van der Waals surface area contributed by atoms with E-state index in [9.17, 15) is 23.1 Å². The van der Waals surface area contributed by atoms with Gasteiger partial charge < -0.3 is 5.11 Å². The summed E-state index contributed by atoms with van der Waals surface area (Å²) in [6.07, 6.45) is 1.24. The number of halogens is 4. The van der Waals surface area contributed by atoms with Crippen LogP contribution in [0.1, 0.15) is 85.3 Å². The van der Waals surface area contributed by atoms with Gasteiger partial charge in [-0.15, -0.1) is 40.5 Å². The maximum absolute atomic E-state index is 15.9. The Morgan fingerprint density at radius 1 is 0.904 bits per heavy atom. The van der Waals surface area contributed by atoms with Gasteiger partial charge in [0.25, 0.3) is 0 Å². The van der Waals surface area contributed by atoms with E-state index in [0.717, 1.165) is 58.4 Å². The molecule has 4 nitrogen and oxygen atoms in total. The topological polar surface area (TPSA) is 63.1 Å². The summed E-state index contributed by atoms with van der Waals surface area (Å²) in [6.45, 7) is 14.3. The number of hydrogen-bond donors (Lipinski definition) is 1. The summed E-state index contributed by atoms with van der Waals surface area (Å²) in [5.41, 5.74) is -0.218. The van der Waals surface area contributed by atoms with Crippen LogP contribution >= 0.6 is 11.3 Å². The van der Waals surface area contributed by atoms with E-state index < -0.39 is 23.1 Å². The van der Waals surface area contributed by atoms with Gasteiger partial charge in [-0.05, 0) is 47.3 Å². The zero-order valence-corrected chi connectivity index (χ0v) is 33.5. The Morgan fingerprint density at radius 3 is 2.13 bits per heavy atom. The van der Waals surface area contributed by atoms with E-state index in [0.29, 0.717) is 5.56 Å². The number of alkyl halides is 3. The Kier molecular flexibility index (Phi) is 13.0. The van der Waals surface area contributed by atoms with Crippen LogP contribution in [0.25, 0.3) is 53.8 Å². The Hall–Kier alpha value is -3.72. The Balaban J connectivity index is 0.000000323. The van der Waals surface area contributed by atoms with Gasteiger partial charge in [0.2, 0.25) is 0 Å². The number of ketones is 1. The summed E-state index contributed by atoms with van der Waals surface area (Å²) in [5, 5.41) is 14.0. The summed E-state index contributed by atoms with van der Waals surface area (Å²) in [5.74, 6) is -0.227. The standard InChI is InChI=1S/C29H19F4N2S.C13H24O2.Ir/c1-28(2,3)21-12-17(11-16-10-15-8-9-36-22(15)13-20(16)21)26-23-25(30)19-7-5-4-6-18(19)24(29(31,32)33)27(23)35-14-34-26;1-5-10(6-2)12(14)9-13(15)11(7-3)8-4;/h4-10,12-14H,1-3H3;9-11,14H,5-8H2,1-4H3;/q-1;;/b;12-9-;. The molecule has 10 heteroatoms. The van der Waals surface area contributed by atoms with Crippen LogP contribution in [0.5, 0.6) is 0 Å². The van der Waals surface area contributed by atoms with Gasteiger partial charge in [0.05, 0.1) is 16.8 Å². The number of benzene rings is 4. The smallest absolute Gasteiger partial charge is 0.419 e. The fraction of sp³-hybridized carbons (Fsp3) is 0.357. The van der Waals surface area contributed by atoms with Crippen molar-refractivity contribution in [3.05, 3.63) is 95.1 Å². The molecule has 277 valence electrons. The van der Waals surface area contributed by atoms with Crippen LogP contribution in [-0.4, -0.2) is 20.9 Å². The van der Waals surface area contributed by atoms with E-state index in [1.54, 1.807) is 11.3 Å². The number of carbonyl (C=O) groups excluding carboxylic acids is 1. The molecule has 2 aromatic heterocycles. The number of rotatable bonds is 8. The number of carbonyl (C=O) groups is 1. The molecule has 0 spiro atoms. The molecule has 1 N–H and O–H groups in total. The quantitative estimate of drug-likeness (QED) is 0.0543. The second-order valence-electron chi connectivity index (χ2n) is 13.9. The van der Waals surface area contributed by atoms with Crippen LogP contribution in [0.3, 0.4) is 0 Å². The molecule has 0 fully saturated rings. The second-order valence-corrected chi connectivity index (χ2v) is 14.8. The minimum absolute atomic E-state index is 0. The molecule has 0 saturated carbocycles. The minimum Gasteiger partial charge on any atom is -0.512 e. The van der Waals surface area contributed by atoms with Gasteiger partial charge in [-0.1, -0.05) is 95.8 Å². The van der Waals surface area contributed by atoms with Gasteiger partial charge in [0.15, 0.2) is 5.78 Å². The summed E-state index contributed by atoms with van der Waals surface area (Å²) >= 11 is 1.64. The second kappa shape index (κ2) is 16.5. The number of nitrogens with zero attached hydrogens (tertiary/aromatic N) is 2. The third-order valence-electron chi connectivity index (χ3n) is 9.61. The number of aliphatic hydroxyl groups excluding tert-OH is 1. The van der Waals surface area contributed by atoms with Crippen LogP contribution in [0.15, 0.2) is 72.1 Å². The summed E-state index contributed by atoms with van der Waals surface area (Å²) in [7, 11) is 0. The van der Waals surface area contributed by atoms with E-state index >= 15 is 4.39 Å². The predicted octanol–water partition coefficient (Wildman–Crippen LogP) is 12.9. The zero-order chi connectivity index (χ0) is 37.2. The van der Waals surface area contributed by atoms with Gasteiger partial charge >= 0.3 is 6.18 Å². The number of aromatic nitrogens is 2. The van der Waals surface area contributed by atoms with Crippen LogP contribution in [0, 0.1) is 23.7 Å². The van der Waals surface area contributed by atoms with Crippen molar-refractivity contribution in [2.45, 2.75) is 85.7 Å². The molecular formula is C42H43F4IrN2O2S-. The van der Waals surface area contributed by atoms with Crippen molar-refractivity contribution < 1.29 is 47.6 Å².